The molecular formula is C17H19N5O3. The number of nitro groups is 1. The molecule has 25 heavy (non-hydrogen) atoms. The molecule has 0 radical (unpaired) electrons. The van der Waals surface area contributed by atoms with Crippen LogP contribution >= 0.6 is 0 Å². The first-order valence-corrected chi connectivity index (χ1v) is 8.10. The van der Waals surface area contributed by atoms with E-state index < -0.39 is 4.92 Å². The van der Waals surface area contributed by atoms with Gasteiger partial charge in [0.1, 0.15) is 12.0 Å². The Labute approximate surface area is 145 Å². The number of hydrogen-bond donors (Lipinski definition) is 2. The largest absolute Gasteiger partial charge is 0.356 e. The first-order chi connectivity index (χ1) is 12.1. The van der Waals surface area contributed by atoms with Crippen LogP contribution in [0.5, 0.6) is 0 Å². The van der Waals surface area contributed by atoms with E-state index in [1.807, 2.05) is 30.3 Å². The molecular weight excluding hydrogens is 322 g/mol. The number of pyridine rings is 1. The first-order valence-electron chi connectivity index (χ1n) is 8.10. The van der Waals surface area contributed by atoms with Gasteiger partial charge < -0.3 is 15.5 Å². The maximum Gasteiger partial charge on any atom is 0.319 e. The molecule has 1 aliphatic rings. The van der Waals surface area contributed by atoms with Crippen molar-refractivity contribution in [1.29, 1.82) is 0 Å². The molecule has 1 aliphatic heterocycles. The zero-order chi connectivity index (χ0) is 17.6. The smallest absolute Gasteiger partial charge is 0.319 e. The number of urea groups is 1. The van der Waals surface area contributed by atoms with Gasteiger partial charge in [-0.25, -0.2) is 9.78 Å². The van der Waals surface area contributed by atoms with Crippen LogP contribution in [0.3, 0.4) is 0 Å². The monoisotopic (exact) mass is 341 g/mol. The predicted molar refractivity (Wildman–Crippen MR) is 94.7 cm³/mol. The average molecular weight is 341 g/mol. The molecule has 130 valence electrons. The molecule has 2 amide bonds. The minimum Gasteiger partial charge on any atom is -0.356 e. The maximum absolute atomic E-state index is 12.0. The molecule has 1 saturated heterocycles. The second kappa shape index (κ2) is 7.61. The number of para-hydroxylation sites is 1. The summed E-state index contributed by atoms with van der Waals surface area (Å²) in [6, 6.07) is 12.3. The van der Waals surface area contributed by atoms with Gasteiger partial charge in [-0.3, -0.25) is 10.1 Å². The van der Waals surface area contributed by atoms with Crippen LogP contribution in [0.15, 0.2) is 48.7 Å². The van der Waals surface area contributed by atoms with E-state index in [1.165, 1.54) is 12.3 Å². The van der Waals surface area contributed by atoms with Gasteiger partial charge in [0.25, 0.3) is 5.69 Å². The molecule has 2 N–H and O–H groups in total. The van der Waals surface area contributed by atoms with E-state index in [0.29, 0.717) is 0 Å². The Morgan fingerprint density at radius 2 is 1.88 bits per heavy atom. The lowest BCUT2D eigenvalue weighted by molar-refractivity contribution is -0.385. The van der Waals surface area contributed by atoms with Crippen molar-refractivity contribution in [2.75, 3.05) is 23.3 Å². The Balaban J connectivity index is 1.48. The Morgan fingerprint density at radius 1 is 1.16 bits per heavy atom. The van der Waals surface area contributed by atoms with Gasteiger partial charge in [-0.1, -0.05) is 18.2 Å². The van der Waals surface area contributed by atoms with Crippen molar-refractivity contribution in [1.82, 2.24) is 10.3 Å². The Kier molecular flexibility index (Phi) is 5.08. The number of nitrogens with zero attached hydrogens (tertiary/aromatic N) is 3. The van der Waals surface area contributed by atoms with Crippen molar-refractivity contribution in [3.05, 3.63) is 58.8 Å². The van der Waals surface area contributed by atoms with E-state index in [2.05, 4.69) is 20.5 Å². The van der Waals surface area contributed by atoms with Gasteiger partial charge in [-0.2, -0.15) is 0 Å². The third-order valence-electron chi connectivity index (χ3n) is 4.13. The number of aromatic nitrogens is 1. The van der Waals surface area contributed by atoms with E-state index in [4.69, 9.17) is 0 Å². The number of carbonyl (C=O) groups excluding carboxylic acids is 1. The van der Waals surface area contributed by atoms with Gasteiger partial charge in [0.15, 0.2) is 0 Å². The Bertz CT molecular complexity index is 728. The second-order valence-corrected chi connectivity index (χ2v) is 5.86. The maximum atomic E-state index is 12.0. The van der Waals surface area contributed by atoms with E-state index >= 15 is 0 Å². The lowest BCUT2D eigenvalue weighted by Crippen LogP contribution is -2.46. The molecule has 1 fully saturated rings. The minimum absolute atomic E-state index is 0.0158. The Hall–Kier alpha value is -3.16. The molecule has 0 aliphatic carbocycles. The quantitative estimate of drug-likeness (QED) is 0.658. The minimum atomic E-state index is -0.460. The molecule has 3 rings (SSSR count). The van der Waals surface area contributed by atoms with E-state index in [1.54, 1.807) is 6.07 Å². The van der Waals surface area contributed by atoms with Gasteiger partial charge in [0.05, 0.1) is 4.92 Å². The topological polar surface area (TPSA) is 100 Å². The molecule has 8 heteroatoms. The fourth-order valence-electron chi connectivity index (χ4n) is 2.80. The van der Waals surface area contributed by atoms with Crippen LogP contribution in [-0.4, -0.2) is 35.1 Å². The number of amides is 2. The SMILES string of the molecule is O=C(Nc1ccccc1)NC1CCN(c2ccc([N+](=O)[O-])cn2)CC1. The highest BCUT2D eigenvalue weighted by Crippen LogP contribution is 2.20. The normalized spacial score (nSPS) is 14.8. The zero-order valence-corrected chi connectivity index (χ0v) is 13.6. The lowest BCUT2D eigenvalue weighted by atomic mass is 10.1. The van der Waals surface area contributed by atoms with Crippen molar-refractivity contribution < 1.29 is 9.72 Å². The summed E-state index contributed by atoms with van der Waals surface area (Å²) in [6.45, 7) is 1.47. The summed E-state index contributed by atoms with van der Waals surface area (Å²) in [5.41, 5.74) is 0.741. The van der Waals surface area contributed by atoms with Crippen molar-refractivity contribution in [2.24, 2.45) is 0 Å². The summed E-state index contributed by atoms with van der Waals surface area (Å²) in [7, 11) is 0. The summed E-state index contributed by atoms with van der Waals surface area (Å²) in [4.78, 5) is 28.4. The highest BCUT2D eigenvalue weighted by molar-refractivity contribution is 5.89. The van der Waals surface area contributed by atoms with Crippen LogP contribution < -0.4 is 15.5 Å². The summed E-state index contributed by atoms with van der Waals surface area (Å²) in [5.74, 6) is 0.720. The molecule has 2 heterocycles. The molecule has 8 nitrogen and oxygen atoms in total. The molecule has 0 saturated carbocycles. The third kappa shape index (κ3) is 4.43. The van der Waals surface area contributed by atoms with Crippen LogP contribution in [0.1, 0.15) is 12.8 Å². The number of carbonyl (C=O) groups is 1. The standard InChI is InChI=1S/C17H19N5O3/c23-17(19-13-4-2-1-3-5-13)20-14-8-10-21(11-9-14)16-7-6-15(12-18-16)22(24)25/h1-7,12,14H,8-11H2,(H2,19,20,23). The number of anilines is 2. The zero-order valence-electron chi connectivity index (χ0n) is 13.6. The fourth-order valence-corrected chi connectivity index (χ4v) is 2.80. The van der Waals surface area contributed by atoms with Crippen LogP contribution in [-0.2, 0) is 0 Å². The van der Waals surface area contributed by atoms with Gasteiger partial charge in [-0.15, -0.1) is 0 Å². The molecule has 1 aromatic carbocycles. The number of rotatable bonds is 4. The number of piperidine rings is 1. The summed E-state index contributed by atoms with van der Waals surface area (Å²) >= 11 is 0. The lowest BCUT2D eigenvalue weighted by Gasteiger charge is -2.33. The average Bonchev–Trinajstić information content (AvgIpc) is 2.63. The molecule has 0 bridgehead atoms. The summed E-state index contributed by atoms with van der Waals surface area (Å²) < 4.78 is 0. The number of nitrogens with one attached hydrogen (secondary N) is 2. The van der Waals surface area contributed by atoms with Crippen LogP contribution in [0.2, 0.25) is 0 Å². The van der Waals surface area contributed by atoms with Crippen LogP contribution in [0.4, 0.5) is 22.0 Å². The van der Waals surface area contributed by atoms with Gasteiger partial charge in [-0.05, 0) is 31.0 Å². The predicted octanol–water partition coefficient (Wildman–Crippen LogP) is 2.78. The van der Waals surface area contributed by atoms with Gasteiger partial charge >= 0.3 is 6.03 Å². The molecule has 0 spiro atoms. The second-order valence-electron chi connectivity index (χ2n) is 5.86. The third-order valence-corrected chi connectivity index (χ3v) is 4.13. The fraction of sp³-hybridized carbons (Fsp3) is 0.294. The molecule has 2 aromatic rings. The molecule has 0 atom stereocenters. The van der Waals surface area contributed by atoms with Gasteiger partial charge in [0, 0.05) is 30.9 Å². The molecule has 1 aromatic heterocycles. The van der Waals surface area contributed by atoms with E-state index in [0.717, 1.165) is 37.4 Å². The molecule has 0 unspecified atom stereocenters. The van der Waals surface area contributed by atoms with Crippen LogP contribution in [0.25, 0.3) is 0 Å². The van der Waals surface area contributed by atoms with Crippen molar-refractivity contribution in [3.63, 3.8) is 0 Å². The Morgan fingerprint density at radius 3 is 2.48 bits per heavy atom. The highest BCUT2D eigenvalue weighted by atomic mass is 16.6. The van der Waals surface area contributed by atoms with Crippen LogP contribution in [0, 0.1) is 10.1 Å². The highest BCUT2D eigenvalue weighted by Gasteiger charge is 2.22. The van der Waals surface area contributed by atoms with E-state index in [9.17, 15) is 14.9 Å². The van der Waals surface area contributed by atoms with Crippen molar-refractivity contribution in [2.45, 2.75) is 18.9 Å². The van der Waals surface area contributed by atoms with E-state index in [-0.39, 0.29) is 17.8 Å². The number of benzene rings is 1. The number of hydrogen-bond acceptors (Lipinski definition) is 5. The van der Waals surface area contributed by atoms with Crippen molar-refractivity contribution in [3.8, 4) is 0 Å². The van der Waals surface area contributed by atoms with Crippen molar-refractivity contribution >= 4 is 23.2 Å². The summed E-state index contributed by atoms with van der Waals surface area (Å²) in [6.07, 6.45) is 2.86. The van der Waals surface area contributed by atoms with Gasteiger partial charge in [0.2, 0.25) is 0 Å². The first kappa shape index (κ1) is 16.7. The summed E-state index contributed by atoms with van der Waals surface area (Å²) in [5, 5.41) is 16.5.